The highest BCUT2D eigenvalue weighted by Gasteiger charge is 2.27. The minimum Gasteiger partial charge on any atom is -0.340 e. The van der Waals surface area contributed by atoms with Crippen molar-refractivity contribution in [3.05, 3.63) is 48.0 Å². The second-order valence-corrected chi connectivity index (χ2v) is 4.56. The third-order valence-electron chi connectivity index (χ3n) is 3.41. The molecule has 0 bridgehead atoms. The average Bonchev–Trinajstić information content (AvgIpc) is 2.95. The lowest BCUT2D eigenvalue weighted by atomic mass is 10.0. The van der Waals surface area contributed by atoms with E-state index in [1.54, 1.807) is 13.3 Å². The van der Waals surface area contributed by atoms with Crippen molar-refractivity contribution in [3.63, 3.8) is 0 Å². The molecule has 2 aromatic rings. The minimum atomic E-state index is -0.174. The number of hydrogen-bond acceptors (Lipinski definition) is 2. The largest absolute Gasteiger partial charge is 0.340 e. The van der Waals surface area contributed by atoms with Crippen LogP contribution in [0.3, 0.4) is 0 Å². The van der Waals surface area contributed by atoms with Crippen LogP contribution in [-0.4, -0.2) is 24.3 Å². The summed E-state index contributed by atoms with van der Waals surface area (Å²) in [6, 6.07) is 14.3. The van der Waals surface area contributed by atoms with Gasteiger partial charge < -0.3 is 5.32 Å². The number of carbonyl (C=O) groups is 1. The van der Waals surface area contributed by atoms with Crippen molar-refractivity contribution in [1.82, 2.24) is 10.3 Å². The Morgan fingerprint density at radius 2 is 2.05 bits per heavy atom. The summed E-state index contributed by atoms with van der Waals surface area (Å²) in [5.74, 6) is 0. The number of benzene rings is 2. The molecule has 1 aliphatic rings. The first-order valence-electron chi connectivity index (χ1n) is 6.31. The molecule has 2 amide bonds. The summed E-state index contributed by atoms with van der Waals surface area (Å²) in [6.45, 7) is 0. The van der Waals surface area contributed by atoms with Crippen LogP contribution in [0.15, 0.2) is 47.6 Å². The summed E-state index contributed by atoms with van der Waals surface area (Å²) in [5, 5.41) is 10.7. The molecular formula is C15H15N3O. The fraction of sp³-hybridized carbons (Fsp3) is 0.200. The Bertz CT molecular complexity index is 651. The number of hydrazone groups is 1. The van der Waals surface area contributed by atoms with Crippen molar-refractivity contribution in [2.45, 2.75) is 12.5 Å². The molecular weight excluding hydrogens is 238 g/mol. The molecule has 0 saturated heterocycles. The summed E-state index contributed by atoms with van der Waals surface area (Å²) in [7, 11) is 1.62. The summed E-state index contributed by atoms with van der Waals surface area (Å²) in [5.41, 5.74) is 1.11. The van der Waals surface area contributed by atoms with Gasteiger partial charge in [-0.2, -0.15) is 5.10 Å². The molecule has 0 radical (unpaired) electrons. The summed E-state index contributed by atoms with van der Waals surface area (Å²) < 4.78 is 0. The Morgan fingerprint density at radius 3 is 2.84 bits per heavy atom. The maximum atomic E-state index is 11.8. The van der Waals surface area contributed by atoms with Crippen LogP contribution in [0, 0.1) is 0 Å². The van der Waals surface area contributed by atoms with Gasteiger partial charge in [-0.1, -0.05) is 36.4 Å². The molecule has 1 heterocycles. The SMILES string of the molecule is CNC(=O)N1N=CCC1c1ccc2ccccc2c1. The van der Waals surface area contributed by atoms with E-state index in [2.05, 4.69) is 40.8 Å². The lowest BCUT2D eigenvalue weighted by Gasteiger charge is -2.21. The Kier molecular flexibility index (Phi) is 2.91. The normalized spacial score (nSPS) is 17.9. The number of fused-ring (bicyclic) bond motifs is 1. The van der Waals surface area contributed by atoms with Gasteiger partial charge in [0.05, 0.1) is 6.04 Å². The summed E-state index contributed by atoms with van der Waals surface area (Å²) >= 11 is 0. The van der Waals surface area contributed by atoms with Gasteiger partial charge in [-0.15, -0.1) is 0 Å². The van der Waals surface area contributed by atoms with E-state index in [4.69, 9.17) is 0 Å². The maximum Gasteiger partial charge on any atom is 0.338 e. The number of nitrogens with zero attached hydrogens (tertiary/aromatic N) is 2. The second-order valence-electron chi connectivity index (χ2n) is 4.56. The lowest BCUT2D eigenvalue weighted by Crippen LogP contribution is -2.34. The van der Waals surface area contributed by atoms with Crippen LogP contribution in [0.5, 0.6) is 0 Å². The van der Waals surface area contributed by atoms with E-state index in [1.165, 1.54) is 15.8 Å². The van der Waals surface area contributed by atoms with E-state index in [0.717, 1.165) is 12.0 Å². The monoisotopic (exact) mass is 253 g/mol. The number of hydrogen-bond donors (Lipinski definition) is 1. The number of rotatable bonds is 1. The van der Waals surface area contributed by atoms with Crippen LogP contribution >= 0.6 is 0 Å². The van der Waals surface area contributed by atoms with Gasteiger partial charge in [-0.05, 0) is 22.4 Å². The molecule has 96 valence electrons. The first kappa shape index (κ1) is 11.7. The molecule has 4 nitrogen and oxygen atoms in total. The minimum absolute atomic E-state index is 0.00967. The third kappa shape index (κ3) is 2.05. The fourth-order valence-corrected chi connectivity index (χ4v) is 2.42. The van der Waals surface area contributed by atoms with Crippen LogP contribution < -0.4 is 5.32 Å². The standard InChI is InChI=1S/C15H15N3O/c1-16-15(19)18-14(8-9-17-18)13-7-6-11-4-2-3-5-12(11)10-13/h2-7,9-10,14H,8H2,1H3,(H,16,19). The number of carbonyl (C=O) groups excluding carboxylic acids is 1. The van der Waals surface area contributed by atoms with Crippen molar-refractivity contribution >= 4 is 23.0 Å². The van der Waals surface area contributed by atoms with E-state index in [1.807, 2.05) is 12.1 Å². The first-order valence-corrected chi connectivity index (χ1v) is 6.31. The van der Waals surface area contributed by atoms with E-state index < -0.39 is 0 Å². The number of urea groups is 1. The molecule has 2 aromatic carbocycles. The third-order valence-corrected chi connectivity index (χ3v) is 3.41. The van der Waals surface area contributed by atoms with Gasteiger partial charge in [0.25, 0.3) is 0 Å². The lowest BCUT2D eigenvalue weighted by molar-refractivity contribution is 0.188. The van der Waals surface area contributed by atoms with Gasteiger partial charge in [0.1, 0.15) is 0 Å². The Balaban J connectivity index is 1.97. The smallest absolute Gasteiger partial charge is 0.338 e. The van der Waals surface area contributed by atoms with E-state index in [0.29, 0.717) is 0 Å². The first-order chi connectivity index (χ1) is 9.29. The Hall–Kier alpha value is -2.36. The van der Waals surface area contributed by atoms with Gasteiger partial charge in [0.15, 0.2) is 0 Å². The molecule has 19 heavy (non-hydrogen) atoms. The Morgan fingerprint density at radius 1 is 1.26 bits per heavy atom. The maximum absolute atomic E-state index is 11.8. The fourth-order valence-electron chi connectivity index (χ4n) is 2.42. The van der Waals surface area contributed by atoms with Crippen molar-refractivity contribution < 1.29 is 4.79 Å². The van der Waals surface area contributed by atoms with Gasteiger partial charge >= 0.3 is 6.03 Å². The van der Waals surface area contributed by atoms with E-state index >= 15 is 0 Å². The van der Waals surface area contributed by atoms with Crippen LogP contribution in [0.2, 0.25) is 0 Å². The molecule has 0 spiro atoms. The molecule has 1 unspecified atom stereocenters. The molecule has 0 aliphatic carbocycles. The van der Waals surface area contributed by atoms with Crippen LogP contribution in [0.4, 0.5) is 4.79 Å². The Labute approximate surface area is 111 Å². The molecule has 1 N–H and O–H groups in total. The molecule has 1 atom stereocenters. The van der Waals surface area contributed by atoms with Crippen molar-refractivity contribution in [1.29, 1.82) is 0 Å². The van der Waals surface area contributed by atoms with Crippen LogP contribution in [0.25, 0.3) is 10.8 Å². The van der Waals surface area contributed by atoms with Gasteiger partial charge in [-0.25, -0.2) is 9.80 Å². The van der Waals surface area contributed by atoms with Crippen LogP contribution in [-0.2, 0) is 0 Å². The molecule has 0 fully saturated rings. The van der Waals surface area contributed by atoms with Gasteiger partial charge in [-0.3, -0.25) is 0 Å². The topological polar surface area (TPSA) is 44.7 Å². The zero-order chi connectivity index (χ0) is 13.2. The molecule has 3 rings (SSSR count). The van der Waals surface area contributed by atoms with E-state index in [9.17, 15) is 4.79 Å². The summed E-state index contributed by atoms with van der Waals surface area (Å²) in [4.78, 5) is 11.8. The second kappa shape index (κ2) is 4.72. The number of amides is 2. The van der Waals surface area contributed by atoms with Crippen molar-refractivity contribution in [2.24, 2.45) is 5.10 Å². The predicted octanol–water partition coefficient (Wildman–Crippen LogP) is 2.91. The molecule has 0 saturated carbocycles. The molecule has 1 aliphatic heterocycles. The van der Waals surface area contributed by atoms with Crippen molar-refractivity contribution in [2.75, 3.05) is 7.05 Å². The summed E-state index contributed by atoms with van der Waals surface area (Å²) in [6.07, 6.45) is 2.54. The highest BCUT2D eigenvalue weighted by Crippen LogP contribution is 2.30. The molecule has 4 heteroatoms. The van der Waals surface area contributed by atoms with Gasteiger partial charge in [0, 0.05) is 19.7 Å². The van der Waals surface area contributed by atoms with Crippen LogP contribution in [0.1, 0.15) is 18.0 Å². The quantitative estimate of drug-likeness (QED) is 0.834. The van der Waals surface area contributed by atoms with Crippen molar-refractivity contribution in [3.8, 4) is 0 Å². The highest BCUT2D eigenvalue weighted by molar-refractivity contribution is 5.84. The zero-order valence-electron chi connectivity index (χ0n) is 10.7. The number of nitrogens with one attached hydrogen (secondary N) is 1. The predicted molar refractivity (Wildman–Crippen MR) is 76.1 cm³/mol. The molecule has 0 aromatic heterocycles. The average molecular weight is 253 g/mol. The zero-order valence-corrected chi connectivity index (χ0v) is 10.7. The van der Waals surface area contributed by atoms with Gasteiger partial charge in [0.2, 0.25) is 0 Å². The van der Waals surface area contributed by atoms with E-state index in [-0.39, 0.29) is 12.1 Å². The highest BCUT2D eigenvalue weighted by atomic mass is 16.2.